The van der Waals surface area contributed by atoms with Gasteiger partial charge in [-0.15, -0.1) is 0 Å². The summed E-state index contributed by atoms with van der Waals surface area (Å²) in [5, 5.41) is 0. The van der Waals surface area contributed by atoms with Gasteiger partial charge in [0.15, 0.2) is 0 Å². The molecule has 1 aromatic heterocycles. The number of likely N-dealkylation sites (tertiary alicyclic amines) is 1. The first-order chi connectivity index (χ1) is 13.9. The van der Waals surface area contributed by atoms with E-state index in [1.165, 1.54) is 5.56 Å². The van der Waals surface area contributed by atoms with Gasteiger partial charge in [-0.25, -0.2) is 8.42 Å². The van der Waals surface area contributed by atoms with E-state index in [-0.39, 0.29) is 18.1 Å². The highest BCUT2D eigenvalue weighted by molar-refractivity contribution is 7.89. The molecule has 4 rings (SSSR count). The van der Waals surface area contributed by atoms with E-state index >= 15 is 0 Å². The molecule has 0 saturated carbocycles. The second kappa shape index (κ2) is 8.42. The molecule has 0 radical (unpaired) electrons. The quantitative estimate of drug-likeness (QED) is 0.768. The number of benzene rings is 1. The van der Waals surface area contributed by atoms with Gasteiger partial charge in [0.25, 0.3) is 0 Å². The maximum atomic E-state index is 13.5. The van der Waals surface area contributed by atoms with Crippen molar-refractivity contribution in [2.45, 2.75) is 50.3 Å². The average molecular weight is 416 g/mol. The third-order valence-electron chi connectivity index (χ3n) is 5.66. The predicted molar refractivity (Wildman–Crippen MR) is 112 cm³/mol. The third kappa shape index (κ3) is 4.32. The van der Waals surface area contributed by atoms with E-state index in [0.29, 0.717) is 17.2 Å². The number of rotatable bonds is 4. The number of para-hydroxylation sites is 1. The van der Waals surface area contributed by atoms with E-state index in [0.717, 1.165) is 32.5 Å². The Morgan fingerprint density at radius 3 is 2.69 bits per heavy atom. The summed E-state index contributed by atoms with van der Waals surface area (Å²) in [6.45, 7) is 7.15. The second-order valence-corrected chi connectivity index (χ2v) is 10.2. The molecule has 0 bridgehead atoms. The number of hydrogen-bond acceptors (Lipinski definition) is 5. The van der Waals surface area contributed by atoms with Gasteiger partial charge in [-0.3, -0.25) is 9.88 Å². The minimum Gasteiger partial charge on any atom is -0.487 e. The number of sulfonamides is 1. The Hall–Kier alpha value is -1.96. The van der Waals surface area contributed by atoms with E-state index in [9.17, 15) is 8.42 Å². The molecule has 0 spiro atoms. The van der Waals surface area contributed by atoms with Crippen LogP contribution in [0.4, 0.5) is 0 Å². The highest BCUT2D eigenvalue weighted by Gasteiger charge is 2.43. The van der Waals surface area contributed by atoms with Crippen LogP contribution in [0.1, 0.15) is 32.3 Å². The number of aromatic nitrogens is 1. The Kier molecular flexibility index (Phi) is 5.90. The molecule has 156 valence electrons. The van der Waals surface area contributed by atoms with E-state index in [2.05, 4.69) is 29.8 Å². The van der Waals surface area contributed by atoms with Gasteiger partial charge in [-0.1, -0.05) is 32.0 Å². The van der Waals surface area contributed by atoms with Crippen LogP contribution in [0.5, 0.6) is 5.75 Å². The zero-order valence-corrected chi connectivity index (χ0v) is 17.9. The van der Waals surface area contributed by atoms with Gasteiger partial charge in [0.2, 0.25) is 10.0 Å². The maximum Gasteiger partial charge on any atom is 0.247 e. The van der Waals surface area contributed by atoms with Crippen molar-refractivity contribution in [3.63, 3.8) is 0 Å². The van der Waals surface area contributed by atoms with Crippen molar-refractivity contribution >= 4 is 10.0 Å². The summed E-state index contributed by atoms with van der Waals surface area (Å²) in [4.78, 5) is 6.88. The molecule has 29 heavy (non-hydrogen) atoms. The summed E-state index contributed by atoms with van der Waals surface area (Å²) in [5.74, 6) is 0.722. The molecule has 1 fully saturated rings. The number of fused-ring (bicyclic) bond motifs is 2. The molecule has 2 aliphatic heterocycles. The summed E-state index contributed by atoms with van der Waals surface area (Å²) >= 11 is 0. The van der Waals surface area contributed by atoms with Crippen molar-refractivity contribution in [1.82, 2.24) is 14.2 Å². The first-order valence-electron chi connectivity index (χ1n) is 10.3. The van der Waals surface area contributed by atoms with Crippen molar-refractivity contribution in [3.8, 4) is 5.75 Å². The van der Waals surface area contributed by atoms with Gasteiger partial charge in [0, 0.05) is 38.6 Å². The highest BCUT2D eigenvalue weighted by atomic mass is 32.2. The lowest BCUT2D eigenvalue weighted by Crippen LogP contribution is -2.48. The first kappa shape index (κ1) is 20.3. The van der Waals surface area contributed by atoms with Crippen LogP contribution < -0.4 is 4.74 Å². The fourth-order valence-electron chi connectivity index (χ4n) is 4.31. The largest absolute Gasteiger partial charge is 0.487 e. The third-order valence-corrected chi connectivity index (χ3v) is 7.59. The Morgan fingerprint density at radius 1 is 1.14 bits per heavy atom. The van der Waals surface area contributed by atoms with Crippen molar-refractivity contribution in [3.05, 3.63) is 54.4 Å². The zero-order valence-electron chi connectivity index (χ0n) is 17.1. The van der Waals surface area contributed by atoms with Crippen LogP contribution in [0.25, 0.3) is 0 Å². The molecule has 0 N–H and O–H groups in total. The molecular formula is C22H29N3O3S. The van der Waals surface area contributed by atoms with Crippen LogP contribution >= 0.6 is 0 Å². The molecule has 0 aliphatic carbocycles. The molecule has 2 atom stereocenters. The van der Waals surface area contributed by atoms with Gasteiger partial charge in [-0.05, 0) is 42.5 Å². The van der Waals surface area contributed by atoms with Gasteiger partial charge in [0.1, 0.15) is 16.7 Å². The topological polar surface area (TPSA) is 62.7 Å². The molecule has 2 aliphatic rings. The smallest absolute Gasteiger partial charge is 0.247 e. The van der Waals surface area contributed by atoms with Gasteiger partial charge >= 0.3 is 0 Å². The lowest BCUT2D eigenvalue weighted by molar-refractivity contribution is 0.108. The molecule has 3 heterocycles. The molecule has 1 saturated heterocycles. The Bertz CT molecular complexity index is 933. The average Bonchev–Trinajstić information content (AvgIpc) is 2.93. The van der Waals surface area contributed by atoms with Crippen molar-refractivity contribution in [2.24, 2.45) is 5.92 Å². The van der Waals surface area contributed by atoms with Gasteiger partial charge in [0.05, 0.1) is 6.04 Å². The highest BCUT2D eigenvalue weighted by Crippen LogP contribution is 2.36. The van der Waals surface area contributed by atoms with Crippen LogP contribution in [-0.4, -0.2) is 54.4 Å². The number of pyridine rings is 1. The number of nitrogens with zero attached hydrogens (tertiary/aromatic N) is 3. The van der Waals surface area contributed by atoms with Gasteiger partial charge in [-0.2, -0.15) is 4.31 Å². The monoisotopic (exact) mass is 415 g/mol. The van der Waals surface area contributed by atoms with Crippen LogP contribution in [0, 0.1) is 5.92 Å². The molecule has 0 unspecified atom stereocenters. The Morgan fingerprint density at radius 2 is 1.93 bits per heavy atom. The standard InChI is InChI=1S/C22H29N3O3S/c1-17(2)15-25-19-9-12-24(16-18-6-5-11-23-14-18)13-10-20(19)28-21-7-3-4-8-22(21)29(25,26)27/h3-8,11,14,17,19-20H,9-10,12-13,15-16H2,1-2H3/t19-,20-/m0/s1. The fourth-order valence-corrected chi connectivity index (χ4v) is 6.28. The van der Waals surface area contributed by atoms with Crippen LogP contribution in [-0.2, 0) is 16.6 Å². The van der Waals surface area contributed by atoms with Gasteiger partial charge < -0.3 is 4.74 Å². The lowest BCUT2D eigenvalue weighted by atomic mass is 10.0. The molecule has 0 amide bonds. The van der Waals surface area contributed by atoms with Crippen LogP contribution in [0.15, 0.2) is 53.7 Å². The van der Waals surface area contributed by atoms with Crippen LogP contribution in [0.3, 0.4) is 0 Å². The van der Waals surface area contributed by atoms with E-state index in [4.69, 9.17) is 4.74 Å². The summed E-state index contributed by atoms with van der Waals surface area (Å²) < 4.78 is 35.1. The summed E-state index contributed by atoms with van der Waals surface area (Å²) in [7, 11) is -3.60. The SMILES string of the molecule is CC(C)CN1[C@H]2CCN(Cc3cccnc3)CC[C@@H]2Oc2ccccc2S1(=O)=O. The molecular weight excluding hydrogens is 386 g/mol. The van der Waals surface area contributed by atoms with E-state index in [1.807, 2.05) is 18.3 Å². The lowest BCUT2D eigenvalue weighted by Gasteiger charge is -2.32. The number of hydrogen-bond donors (Lipinski definition) is 0. The summed E-state index contributed by atoms with van der Waals surface area (Å²) in [6, 6.07) is 10.9. The van der Waals surface area contributed by atoms with Crippen molar-refractivity contribution in [2.75, 3.05) is 19.6 Å². The fraction of sp³-hybridized carbons (Fsp3) is 0.500. The zero-order chi connectivity index (χ0) is 20.4. The van der Waals surface area contributed by atoms with Crippen molar-refractivity contribution in [1.29, 1.82) is 0 Å². The Balaban J connectivity index is 1.63. The summed E-state index contributed by atoms with van der Waals surface area (Å²) in [6.07, 6.45) is 5.08. The minimum atomic E-state index is -3.60. The second-order valence-electron chi connectivity index (χ2n) is 8.35. The summed E-state index contributed by atoms with van der Waals surface area (Å²) in [5.41, 5.74) is 1.17. The molecule has 1 aromatic carbocycles. The number of ether oxygens (including phenoxy) is 1. The molecule has 6 nitrogen and oxygen atoms in total. The van der Waals surface area contributed by atoms with E-state index in [1.54, 1.807) is 28.7 Å². The van der Waals surface area contributed by atoms with Crippen LogP contribution in [0.2, 0.25) is 0 Å². The molecule has 2 aromatic rings. The normalized spacial score (nSPS) is 24.8. The minimum absolute atomic E-state index is 0.147. The molecule has 7 heteroatoms. The maximum absolute atomic E-state index is 13.5. The van der Waals surface area contributed by atoms with Crippen molar-refractivity contribution < 1.29 is 13.2 Å². The Labute approximate surface area is 173 Å². The van der Waals surface area contributed by atoms with E-state index < -0.39 is 10.0 Å². The first-order valence-corrected chi connectivity index (χ1v) is 11.8. The predicted octanol–water partition coefficient (Wildman–Crippen LogP) is 3.15.